The van der Waals surface area contributed by atoms with Crippen molar-refractivity contribution in [2.75, 3.05) is 45.0 Å². The van der Waals surface area contributed by atoms with Crippen LogP contribution < -0.4 is 31.9 Å². The first-order valence-corrected chi connectivity index (χ1v) is 20.5. The third kappa shape index (κ3) is 8.92. The van der Waals surface area contributed by atoms with Crippen LogP contribution in [-0.4, -0.2) is 48.3 Å². The lowest BCUT2D eigenvalue weighted by Gasteiger charge is -2.34. The number of hydrogen-bond donors (Lipinski definition) is 4. The summed E-state index contributed by atoms with van der Waals surface area (Å²) in [4.78, 5) is 52.8. The minimum Gasteiger partial charge on any atom is -0.441 e. The maximum absolute atomic E-state index is 14.1. The van der Waals surface area contributed by atoms with Gasteiger partial charge in [-0.05, 0) is 112 Å². The van der Waals surface area contributed by atoms with Crippen molar-refractivity contribution in [3.63, 3.8) is 0 Å². The van der Waals surface area contributed by atoms with Crippen LogP contribution in [-0.2, 0) is 19.1 Å². The van der Waals surface area contributed by atoms with Gasteiger partial charge < -0.3 is 31.6 Å². The van der Waals surface area contributed by atoms with Gasteiger partial charge in [-0.25, -0.2) is 18.4 Å². The van der Waals surface area contributed by atoms with Crippen LogP contribution in [0.25, 0.3) is 0 Å². The smallest absolute Gasteiger partial charge is 0.415 e. The molecule has 2 aliphatic heterocycles. The van der Waals surface area contributed by atoms with Gasteiger partial charge in [0.05, 0.1) is 47.2 Å². The molecule has 304 valence electrons. The highest BCUT2D eigenvalue weighted by molar-refractivity contribution is 9.10. The molecule has 0 unspecified atom stereocenters. The zero-order valence-electron chi connectivity index (χ0n) is 31.3. The predicted molar refractivity (Wildman–Crippen MR) is 224 cm³/mol. The molecule has 0 atom stereocenters. The van der Waals surface area contributed by atoms with Gasteiger partial charge in [-0.2, -0.15) is 0 Å². The molecular formula is C42H42Br2F2N6O6. The molecule has 2 heterocycles. The summed E-state index contributed by atoms with van der Waals surface area (Å²) in [6, 6.07) is 22.9. The van der Waals surface area contributed by atoms with Gasteiger partial charge in [0.25, 0.3) is 0 Å². The largest absolute Gasteiger partial charge is 0.441 e. The highest BCUT2D eigenvalue weighted by Gasteiger charge is 2.50. The van der Waals surface area contributed by atoms with Gasteiger partial charge in [0.2, 0.25) is 11.8 Å². The summed E-state index contributed by atoms with van der Waals surface area (Å²) in [5.74, 6) is -1.49. The van der Waals surface area contributed by atoms with Crippen molar-refractivity contribution in [3.05, 3.63) is 106 Å². The van der Waals surface area contributed by atoms with Gasteiger partial charge in [0, 0.05) is 20.8 Å². The van der Waals surface area contributed by atoms with E-state index in [1.54, 1.807) is 60.7 Å². The van der Waals surface area contributed by atoms with E-state index in [4.69, 9.17) is 20.9 Å². The summed E-state index contributed by atoms with van der Waals surface area (Å²) in [5, 5.41) is 5.77. The van der Waals surface area contributed by atoms with Crippen LogP contribution in [0.15, 0.2) is 93.9 Å². The normalized spacial score (nSPS) is 23.9. The molecule has 8 rings (SSSR count). The van der Waals surface area contributed by atoms with Crippen molar-refractivity contribution in [2.24, 2.45) is 11.8 Å². The van der Waals surface area contributed by atoms with Crippen molar-refractivity contribution in [2.45, 2.75) is 62.6 Å². The van der Waals surface area contributed by atoms with E-state index >= 15 is 0 Å². The molecule has 2 saturated heterocycles. The number of carbonyl (C=O) groups is 4. The van der Waals surface area contributed by atoms with Gasteiger partial charge in [-0.15, -0.1) is 0 Å². The Balaban J connectivity index is 0.000000177. The Morgan fingerprint density at radius 1 is 0.621 bits per heavy atom. The number of nitrogens with two attached hydrogens (primary N) is 2. The summed E-state index contributed by atoms with van der Waals surface area (Å²) in [6.45, 7) is 0.584. The number of nitrogens with one attached hydrogen (secondary N) is 2. The highest BCUT2D eigenvalue weighted by Crippen LogP contribution is 2.43. The van der Waals surface area contributed by atoms with E-state index in [-0.39, 0.29) is 35.0 Å². The first kappa shape index (κ1) is 41.0. The standard InChI is InChI=1S/2C21H21BrFN3O3/c22-14-5-6-17(16(24)11-14)25-19(27)13-7-9-21(10-8-13)12-26(20(28)29-21)18-4-2-1-3-15(18)23;22-14-5-6-16(24)17(11-14)25-19(27)13-7-9-21(10-8-13)12-26(20(28)29-21)18-4-2-1-3-15(18)23/h2*1-6,11,13H,7-10,12,24H2,(H,25,27). The maximum atomic E-state index is 14.1. The number of hydrogen-bond acceptors (Lipinski definition) is 8. The second kappa shape index (κ2) is 16.9. The molecule has 2 saturated carbocycles. The quantitative estimate of drug-likeness (QED) is 0.139. The SMILES string of the molecule is Nc1cc(Br)ccc1NC(=O)C1CCC2(CC1)CN(c1ccccc1F)C(=O)O2.Nc1ccc(Br)cc1NC(=O)C1CCC2(CC1)CN(c1ccccc1F)C(=O)O2. The number of amides is 4. The second-order valence-electron chi connectivity index (χ2n) is 15.2. The number of para-hydroxylation sites is 2. The fourth-order valence-corrected chi connectivity index (χ4v) is 8.79. The Hall–Kier alpha value is -5.22. The monoisotopic (exact) mass is 922 g/mol. The summed E-state index contributed by atoms with van der Waals surface area (Å²) in [5.41, 5.74) is 13.1. The third-order valence-corrected chi connectivity index (χ3v) is 12.3. The topological polar surface area (TPSA) is 169 Å². The van der Waals surface area contributed by atoms with Crippen LogP contribution in [0.2, 0.25) is 0 Å². The van der Waals surface area contributed by atoms with E-state index in [1.807, 2.05) is 12.1 Å². The molecule has 4 aromatic carbocycles. The van der Waals surface area contributed by atoms with E-state index < -0.39 is 35.0 Å². The van der Waals surface area contributed by atoms with E-state index in [0.717, 1.165) is 8.95 Å². The van der Waals surface area contributed by atoms with Crippen LogP contribution >= 0.6 is 31.9 Å². The molecule has 0 radical (unpaired) electrons. The highest BCUT2D eigenvalue weighted by atomic mass is 79.9. The number of carbonyl (C=O) groups excluding carboxylic acids is 4. The molecule has 2 spiro atoms. The number of benzene rings is 4. The van der Waals surface area contributed by atoms with Crippen molar-refractivity contribution in [1.29, 1.82) is 0 Å². The lowest BCUT2D eigenvalue weighted by Crippen LogP contribution is -2.41. The van der Waals surface area contributed by atoms with Crippen molar-refractivity contribution >= 4 is 90.0 Å². The molecule has 4 aliphatic rings. The number of rotatable bonds is 6. The Morgan fingerprint density at radius 3 is 1.52 bits per heavy atom. The average Bonchev–Trinajstić information content (AvgIpc) is 3.69. The molecule has 4 fully saturated rings. The molecule has 0 aromatic heterocycles. The van der Waals surface area contributed by atoms with Crippen LogP contribution in [0.3, 0.4) is 0 Å². The Morgan fingerprint density at radius 2 is 1.05 bits per heavy atom. The van der Waals surface area contributed by atoms with E-state index in [1.165, 1.54) is 21.9 Å². The first-order chi connectivity index (χ1) is 27.7. The number of nitrogens with zero attached hydrogens (tertiary/aromatic N) is 2. The molecule has 16 heteroatoms. The minimum atomic E-state index is -0.676. The van der Waals surface area contributed by atoms with Crippen molar-refractivity contribution in [3.8, 4) is 0 Å². The number of halogens is 4. The zero-order chi connectivity index (χ0) is 41.2. The van der Waals surface area contributed by atoms with E-state index in [9.17, 15) is 28.0 Å². The van der Waals surface area contributed by atoms with Crippen molar-refractivity contribution in [1.82, 2.24) is 0 Å². The molecule has 2 aliphatic carbocycles. The maximum Gasteiger partial charge on any atom is 0.415 e. The fourth-order valence-electron chi connectivity index (χ4n) is 8.05. The Bertz CT molecular complexity index is 2230. The van der Waals surface area contributed by atoms with Gasteiger partial charge in [0.1, 0.15) is 22.8 Å². The molecule has 12 nitrogen and oxygen atoms in total. The summed E-state index contributed by atoms with van der Waals surface area (Å²) < 4.78 is 41.2. The fraction of sp³-hybridized carbons (Fsp3) is 0.333. The van der Waals surface area contributed by atoms with Crippen LogP contribution in [0, 0.1) is 23.5 Å². The molecule has 4 aromatic rings. The summed E-state index contributed by atoms with van der Waals surface area (Å²) in [7, 11) is 0. The third-order valence-electron chi connectivity index (χ3n) is 11.3. The van der Waals surface area contributed by atoms with Crippen molar-refractivity contribution < 1.29 is 37.4 Å². The first-order valence-electron chi connectivity index (χ1n) is 19.0. The Labute approximate surface area is 350 Å². The molecule has 4 amide bonds. The molecule has 6 N–H and O–H groups in total. The van der Waals surface area contributed by atoms with E-state index in [0.29, 0.717) is 87.2 Å². The minimum absolute atomic E-state index is 0.0934. The lowest BCUT2D eigenvalue weighted by atomic mass is 9.78. The molecular weight excluding hydrogens is 882 g/mol. The zero-order valence-corrected chi connectivity index (χ0v) is 34.5. The number of ether oxygens (including phenoxy) is 2. The number of anilines is 6. The van der Waals surface area contributed by atoms with Crippen LogP contribution in [0.4, 0.5) is 52.5 Å². The Kier molecular flexibility index (Phi) is 12.0. The summed E-state index contributed by atoms with van der Waals surface area (Å²) in [6.07, 6.45) is 3.46. The molecule has 58 heavy (non-hydrogen) atoms. The van der Waals surface area contributed by atoms with E-state index in [2.05, 4.69) is 42.5 Å². The molecule has 0 bridgehead atoms. The van der Waals surface area contributed by atoms with Crippen LogP contribution in [0.1, 0.15) is 51.4 Å². The predicted octanol–water partition coefficient (Wildman–Crippen LogP) is 9.39. The van der Waals surface area contributed by atoms with Gasteiger partial charge in [0.15, 0.2) is 0 Å². The average molecular weight is 925 g/mol. The van der Waals surface area contributed by atoms with Crippen LogP contribution in [0.5, 0.6) is 0 Å². The van der Waals surface area contributed by atoms with Gasteiger partial charge in [-0.1, -0.05) is 56.1 Å². The lowest BCUT2D eigenvalue weighted by molar-refractivity contribution is -0.123. The van der Waals surface area contributed by atoms with Gasteiger partial charge in [-0.3, -0.25) is 19.4 Å². The summed E-state index contributed by atoms with van der Waals surface area (Å²) >= 11 is 6.71. The number of nitrogen functional groups attached to an aromatic ring is 2. The van der Waals surface area contributed by atoms with Gasteiger partial charge >= 0.3 is 12.2 Å². The second-order valence-corrected chi connectivity index (χ2v) is 17.0.